The highest BCUT2D eigenvalue weighted by atomic mass is 32.2. The Labute approximate surface area is 85.8 Å². The van der Waals surface area contributed by atoms with Gasteiger partial charge in [-0.05, 0) is 30.4 Å². The van der Waals surface area contributed by atoms with Crippen LogP contribution in [0.5, 0.6) is 0 Å². The third-order valence-electron chi connectivity index (χ3n) is 1.76. The SMILES string of the molecule is [2H]/C(=C\C=C)Sc1c(C)cccc1C. The second-order valence-electron chi connectivity index (χ2n) is 2.84. The Balaban J connectivity index is 2.96. The molecule has 0 saturated carbocycles. The summed E-state index contributed by atoms with van der Waals surface area (Å²) in [5.74, 6) is 0. The minimum Gasteiger partial charge on any atom is -0.0990 e. The van der Waals surface area contributed by atoms with Crippen LogP contribution in [0.4, 0.5) is 0 Å². The molecule has 0 fully saturated rings. The zero-order valence-corrected chi connectivity index (χ0v) is 8.82. The van der Waals surface area contributed by atoms with Crippen molar-refractivity contribution in [3.63, 3.8) is 0 Å². The summed E-state index contributed by atoms with van der Waals surface area (Å²) in [6, 6.07) is 6.17. The molecular weight excluding hydrogens is 176 g/mol. The van der Waals surface area contributed by atoms with E-state index in [1.807, 2.05) is 6.07 Å². The maximum atomic E-state index is 7.66. The number of benzene rings is 1. The van der Waals surface area contributed by atoms with Crippen molar-refractivity contribution in [1.29, 1.82) is 0 Å². The first-order valence-corrected chi connectivity index (χ1v) is 5.00. The molecule has 68 valence electrons. The Morgan fingerprint density at radius 3 is 2.54 bits per heavy atom. The number of rotatable bonds is 3. The van der Waals surface area contributed by atoms with Gasteiger partial charge in [-0.3, -0.25) is 0 Å². The molecule has 0 aliphatic carbocycles. The molecule has 0 radical (unpaired) electrons. The summed E-state index contributed by atoms with van der Waals surface area (Å²) in [6.45, 7) is 7.71. The Bertz CT molecular complexity index is 346. The average Bonchev–Trinajstić information content (AvgIpc) is 2.12. The minimum absolute atomic E-state index is 0.525. The number of hydrogen-bond donors (Lipinski definition) is 0. The van der Waals surface area contributed by atoms with Gasteiger partial charge in [0.1, 0.15) is 0 Å². The van der Waals surface area contributed by atoms with E-state index in [0.717, 1.165) is 0 Å². The molecule has 0 aliphatic heterocycles. The molecule has 1 aromatic carbocycles. The summed E-state index contributed by atoms with van der Waals surface area (Å²) in [6.07, 6.45) is 3.35. The monoisotopic (exact) mass is 191 g/mol. The van der Waals surface area contributed by atoms with Gasteiger partial charge in [0.15, 0.2) is 0 Å². The van der Waals surface area contributed by atoms with E-state index < -0.39 is 0 Å². The van der Waals surface area contributed by atoms with Crippen LogP contribution in [0, 0.1) is 13.8 Å². The van der Waals surface area contributed by atoms with Crippen molar-refractivity contribution in [2.45, 2.75) is 18.7 Å². The van der Waals surface area contributed by atoms with Crippen molar-refractivity contribution in [3.8, 4) is 0 Å². The van der Waals surface area contributed by atoms with Gasteiger partial charge in [-0.25, -0.2) is 0 Å². The van der Waals surface area contributed by atoms with Gasteiger partial charge in [-0.15, -0.1) is 0 Å². The van der Waals surface area contributed by atoms with Crippen LogP contribution >= 0.6 is 11.8 Å². The van der Waals surface area contributed by atoms with Gasteiger partial charge in [0.05, 0.1) is 1.37 Å². The second-order valence-corrected chi connectivity index (χ2v) is 3.69. The van der Waals surface area contributed by atoms with Gasteiger partial charge in [0.25, 0.3) is 0 Å². The van der Waals surface area contributed by atoms with E-state index in [2.05, 4.69) is 32.6 Å². The predicted molar refractivity (Wildman–Crippen MR) is 61.1 cm³/mol. The average molecular weight is 191 g/mol. The summed E-state index contributed by atoms with van der Waals surface area (Å²) in [4.78, 5) is 1.18. The van der Waals surface area contributed by atoms with Gasteiger partial charge in [0.2, 0.25) is 0 Å². The summed E-state index contributed by atoms with van der Waals surface area (Å²) in [7, 11) is 0. The lowest BCUT2D eigenvalue weighted by Gasteiger charge is -2.05. The molecule has 0 saturated heterocycles. The van der Waals surface area contributed by atoms with Crippen LogP contribution in [0.15, 0.2) is 47.2 Å². The van der Waals surface area contributed by atoms with E-state index in [9.17, 15) is 0 Å². The zero-order chi connectivity index (χ0) is 10.6. The fraction of sp³-hybridized carbons (Fsp3) is 0.167. The minimum atomic E-state index is 0.525. The van der Waals surface area contributed by atoms with Gasteiger partial charge < -0.3 is 0 Å². The van der Waals surface area contributed by atoms with E-state index in [1.165, 1.54) is 27.8 Å². The lowest BCUT2D eigenvalue weighted by Crippen LogP contribution is -1.81. The first-order chi connectivity index (χ1) is 6.65. The quantitative estimate of drug-likeness (QED) is 0.512. The highest BCUT2D eigenvalue weighted by Crippen LogP contribution is 2.26. The molecule has 1 heteroatoms. The fourth-order valence-electron chi connectivity index (χ4n) is 1.10. The van der Waals surface area contributed by atoms with Crippen molar-refractivity contribution < 1.29 is 1.37 Å². The van der Waals surface area contributed by atoms with Crippen molar-refractivity contribution in [1.82, 2.24) is 0 Å². The third kappa shape index (κ3) is 2.78. The summed E-state index contributed by atoms with van der Waals surface area (Å²) < 4.78 is 7.66. The molecule has 0 unspecified atom stereocenters. The molecule has 0 bridgehead atoms. The van der Waals surface area contributed by atoms with Crippen LogP contribution in [0.25, 0.3) is 0 Å². The first kappa shape index (κ1) is 8.64. The third-order valence-corrected chi connectivity index (χ3v) is 2.86. The highest BCUT2D eigenvalue weighted by Gasteiger charge is 1.99. The van der Waals surface area contributed by atoms with Gasteiger partial charge >= 0.3 is 0 Å². The molecular formula is C12H14S. The van der Waals surface area contributed by atoms with E-state index >= 15 is 0 Å². The predicted octanol–water partition coefficient (Wildman–Crippen LogP) is 4.10. The van der Waals surface area contributed by atoms with E-state index in [-0.39, 0.29) is 0 Å². The molecule has 0 amide bonds. The Morgan fingerprint density at radius 1 is 1.38 bits per heavy atom. The maximum absolute atomic E-state index is 7.66. The molecule has 0 aliphatic rings. The molecule has 0 nitrogen and oxygen atoms in total. The van der Waals surface area contributed by atoms with Crippen molar-refractivity contribution in [2.75, 3.05) is 0 Å². The molecule has 0 atom stereocenters. The van der Waals surface area contributed by atoms with E-state index in [4.69, 9.17) is 1.37 Å². The van der Waals surface area contributed by atoms with Crippen LogP contribution in [-0.2, 0) is 0 Å². The Kier molecular flexibility index (Phi) is 3.27. The summed E-state index contributed by atoms with van der Waals surface area (Å²) >= 11 is 1.48. The number of thioether (sulfide) groups is 1. The van der Waals surface area contributed by atoms with Crippen LogP contribution in [-0.4, -0.2) is 0 Å². The largest absolute Gasteiger partial charge is 0.0990 e. The molecule has 0 N–H and O–H groups in total. The first-order valence-electron chi connectivity index (χ1n) is 4.68. The summed E-state index contributed by atoms with van der Waals surface area (Å²) in [5, 5.41) is 0.525. The molecule has 1 rings (SSSR count). The lowest BCUT2D eigenvalue weighted by molar-refractivity contribution is 1.22. The maximum Gasteiger partial charge on any atom is 0.0701 e. The van der Waals surface area contributed by atoms with Gasteiger partial charge in [-0.1, -0.05) is 48.7 Å². The second kappa shape index (κ2) is 4.93. The van der Waals surface area contributed by atoms with Crippen molar-refractivity contribution in [3.05, 3.63) is 53.4 Å². The standard InChI is InChI=1S/C12H14S/c1-4-5-9-13-12-10(2)7-6-8-11(12)3/h4-9H,1H2,2-3H3/b9-5+/i9D. The van der Waals surface area contributed by atoms with E-state index in [0.29, 0.717) is 5.38 Å². The van der Waals surface area contributed by atoms with Crippen LogP contribution in [0.3, 0.4) is 0 Å². The zero-order valence-electron chi connectivity index (χ0n) is 9.00. The highest BCUT2D eigenvalue weighted by molar-refractivity contribution is 8.02. The summed E-state index contributed by atoms with van der Waals surface area (Å²) in [5.41, 5.74) is 2.44. The van der Waals surface area contributed by atoms with E-state index in [1.54, 1.807) is 12.2 Å². The smallest absolute Gasteiger partial charge is 0.0701 e. The molecule has 13 heavy (non-hydrogen) atoms. The normalized spacial score (nSPS) is 12.5. The topological polar surface area (TPSA) is 0 Å². The van der Waals surface area contributed by atoms with Crippen molar-refractivity contribution >= 4 is 11.8 Å². The van der Waals surface area contributed by atoms with Gasteiger partial charge in [0, 0.05) is 4.90 Å². The number of hydrogen-bond acceptors (Lipinski definition) is 1. The molecule has 0 spiro atoms. The van der Waals surface area contributed by atoms with Gasteiger partial charge in [-0.2, -0.15) is 0 Å². The Morgan fingerprint density at radius 2 is 2.00 bits per heavy atom. The lowest BCUT2D eigenvalue weighted by atomic mass is 10.2. The molecule has 1 aromatic rings. The number of allylic oxidation sites excluding steroid dienone is 2. The van der Waals surface area contributed by atoms with Crippen LogP contribution in [0.1, 0.15) is 12.5 Å². The fourth-order valence-corrected chi connectivity index (χ4v) is 1.84. The number of aryl methyl sites for hydroxylation is 2. The van der Waals surface area contributed by atoms with Crippen molar-refractivity contribution in [2.24, 2.45) is 0 Å². The molecule has 0 heterocycles. The Hall–Kier alpha value is -0.950. The van der Waals surface area contributed by atoms with Crippen LogP contribution in [0.2, 0.25) is 0 Å². The molecule has 0 aromatic heterocycles. The van der Waals surface area contributed by atoms with Crippen LogP contribution < -0.4 is 0 Å².